The van der Waals surface area contributed by atoms with Crippen LogP contribution in [0.3, 0.4) is 0 Å². The lowest BCUT2D eigenvalue weighted by Gasteiger charge is -2.34. The van der Waals surface area contributed by atoms with E-state index in [0.717, 1.165) is 38.2 Å². The molecule has 1 aliphatic heterocycles. The Kier molecular flexibility index (Phi) is 4.13. The van der Waals surface area contributed by atoms with Crippen LogP contribution in [-0.2, 0) is 4.74 Å². The zero-order chi connectivity index (χ0) is 12.3. The van der Waals surface area contributed by atoms with E-state index in [0.29, 0.717) is 16.6 Å². The van der Waals surface area contributed by atoms with Gasteiger partial charge in [0.2, 0.25) is 0 Å². The van der Waals surface area contributed by atoms with Crippen LogP contribution in [-0.4, -0.2) is 26.8 Å². The zero-order valence-electron chi connectivity index (χ0n) is 10.2. The molecular weight excluding hydrogens is 236 g/mol. The highest BCUT2D eigenvalue weighted by atomic mass is 35.5. The quantitative estimate of drug-likeness (QED) is 0.843. The van der Waals surface area contributed by atoms with Crippen LogP contribution in [0.5, 0.6) is 0 Å². The van der Waals surface area contributed by atoms with Gasteiger partial charge in [-0.3, -0.25) is 0 Å². The third-order valence-corrected chi connectivity index (χ3v) is 3.72. The fourth-order valence-electron chi connectivity index (χ4n) is 2.38. The van der Waals surface area contributed by atoms with Gasteiger partial charge in [-0.2, -0.15) is 0 Å². The third kappa shape index (κ3) is 2.85. The normalized spacial score (nSPS) is 17.4. The van der Waals surface area contributed by atoms with Crippen LogP contribution in [0.25, 0.3) is 0 Å². The SMILES string of the molecule is COCC1CCN(c2cccc(Cl)c2N)CC1. The molecule has 0 saturated carbocycles. The first-order valence-corrected chi connectivity index (χ1v) is 6.38. The first kappa shape index (κ1) is 12.5. The maximum Gasteiger partial charge on any atom is 0.0741 e. The molecule has 1 aromatic rings. The number of piperidine rings is 1. The van der Waals surface area contributed by atoms with Crippen molar-refractivity contribution in [3.8, 4) is 0 Å². The van der Waals surface area contributed by atoms with E-state index in [2.05, 4.69) is 4.90 Å². The van der Waals surface area contributed by atoms with Crippen molar-refractivity contribution >= 4 is 23.0 Å². The Hall–Kier alpha value is -0.930. The minimum absolute atomic E-state index is 0.640. The predicted octanol–water partition coefficient (Wildman–Crippen LogP) is 2.79. The van der Waals surface area contributed by atoms with Crippen LogP contribution in [0, 0.1) is 5.92 Å². The van der Waals surface area contributed by atoms with Gasteiger partial charge in [0.15, 0.2) is 0 Å². The molecule has 1 aliphatic rings. The number of nitrogen functional groups attached to an aromatic ring is 1. The monoisotopic (exact) mass is 254 g/mol. The van der Waals surface area contributed by atoms with E-state index in [-0.39, 0.29) is 0 Å². The topological polar surface area (TPSA) is 38.5 Å². The Labute approximate surface area is 107 Å². The summed E-state index contributed by atoms with van der Waals surface area (Å²) >= 11 is 6.04. The standard InChI is InChI=1S/C13H19ClN2O/c1-17-9-10-5-7-16(8-6-10)12-4-2-3-11(14)13(12)15/h2-4,10H,5-9,15H2,1H3. The number of rotatable bonds is 3. The van der Waals surface area contributed by atoms with Crippen molar-refractivity contribution < 1.29 is 4.74 Å². The van der Waals surface area contributed by atoms with E-state index in [9.17, 15) is 0 Å². The molecule has 0 atom stereocenters. The zero-order valence-corrected chi connectivity index (χ0v) is 10.9. The molecule has 3 nitrogen and oxygen atoms in total. The molecule has 17 heavy (non-hydrogen) atoms. The number of methoxy groups -OCH3 is 1. The Morgan fingerprint density at radius 2 is 2.12 bits per heavy atom. The first-order valence-electron chi connectivity index (χ1n) is 6.00. The van der Waals surface area contributed by atoms with E-state index in [1.54, 1.807) is 7.11 Å². The summed E-state index contributed by atoms with van der Waals surface area (Å²) in [4.78, 5) is 2.31. The van der Waals surface area contributed by atoms with E-state index in [1.165, 1.54) is 0 Å². The molecule has 1 fully saturated rings. The molecule has 1 saturated heterocycles. The van der Waals surface area contributed by atoms with Crippen molar-refractivity contribution in [3.63, 3.8) is 0 Å². The van der Waals surface area contributed by atoms with Crippen molar-refractivity contribution in [2.75, 3.05) is 37.4 Å². The molecule has 2 rings (SSSR count). The summed E-state index contributed by atoms with van der Waals surface area (Å²) in [7, 11) is 1.77. The number of benzene rings is 1. The molecule has 1 heterocycles. The van der Waals surface area contributed by atoms with Crippen molar-refractivity contribution in [1.82, 2.24) is 0 Å². The van der Waals surface area contributed by atoms with Crippen LogP contribution >= 0.6 is 11.6 Å². The van der Waals surface area contributed by atoms with Crippen molar-refractivity contribution in [3.05, 3.63) is 23.2 Å². The average molecular weight is 255 g/mol. The van der Waals surface area contributed by atoms with E-state index >= 15 is 0 Å². The minimum Gasteiger partial charge on any atom is -0.396 e. The molecule has 0 amide bonds. The second kappa shape index (κ2) is 5.61. The number of hydrogen-bond donors (Lipinski definition) is 1. The lowest BCUT2D eigenvalue weighted by atomic mass is 9.97. The van der Waals surface area contributed by atoms with Crippen LogP contribution < -0.4 is 10.6 Å². The molecule has 0 unspecified atom stereocenters. The number of ether oxygens (including phenoxy) is 1. The summed E-state index contributed by atoms with van der Waals surface area (Å²) in [5.41, 5.74) is 7.77. The molecule has 0 aliphatic carbocycles. The molecule has 0 radical (unpaired) electrons. The van der Waals surface area contributed by atoms with Gasteiger partial charge in [0.25, 0.3) is 0 Å². The lowest BCUT2D eigenvalue weighted by Crippen LogP contribution is -2.35. The van der Waals surface area contributed by atoms with Crippen LogP contribution in [0.4, 0.5) is 11.4 Å². The second-order valence-electron chi connectivity index (χ2n) is 4.56. The molecule has 2 N–H and O–H groups in total. The van der Waals surface area contributed by atoms with Gasteiger partial charge in [0.05, 0.1) is 16.4 Å². The van der Waals surface area contributed by atoms with Gasteiger partial charge in [-0.05, 0) is 30.9 Å². The Bertz CT molecular complexity index is 376. The molecule has 0 bridgehead atoms. The molecule has 94 valence electrons. The van der Waals surface area contributed by atoms with Gasteiger partial charge in [-0.25, -0.2) is 0 Å². The third-order valence-electron chi connectivity index (χ3n) is 3.39. The Morgan fingerprint density at radius 3 is 2.76 bits per heavy atom. The van der Waals surface area contributed by atoms with Crippen molar-refractivity contribution in [2.24, 2.45) is 5.92 Å². The number of nitrogens with two attached hydrogens (primary N) is 1. The minimum atomic E-state index is 0.640. The van der Waals surface area contributed by atoms with Gasteiger partial charge >= 0.3 is 0 Å². The van der Waals surface area contributed by atoms with Gasteiger partial charge in [-0.15, -0.1) is 0 Å². The maximum absolute atomic E-state index is 6.04. The summed E-state index contributed by atoms with van der Waals surface area (Å²) in [6, 6.07) is 5.82. The second-order valence-corrected chi connectivity index (χ2v) is 4.97. The maximum atomic E-state index is 6.04. The van der Waals surface area contributed by atoms with Crippen LogP contribution in [0.15, 0.2) is 18.2 Å². The largest absolute Gasteiger partial charge is 0.396 e. The highest BCUT2D eigenvalue weighted by molar-refractivity contribution is 6.33. The summed E-state index contributed by atoms with van der Waals surface area (Å²) in [6.45, 7) is 2.91. The van der Waals surface area contributed by atoms with Crippen molar-refractivity contribution in [1.29, 1.82) is 0 Å². The summed E-state index contributed by atoms with van der Waals surface area (Å²) < 4.78 is 5.20. The van der Waals surface area contributed by atoms with Gasteiger partial charge in [-0.1, -0.05) is 17.7 Å². The lowest BCUT2D eigenvalue weighted by molar-refractivity contribution is 0.139. The van der Waals surface area contributed by atoms with Crippen molar-refractivity contribution in [2.45, 2.75) is 12.8 Å². The molecular formula is C13H19ClN2O. The number of para-hydroxylation sites is 1. The fourth-order valence-corrected chi connectivity index (χ4v) is 2.55. The molecule has 0 aromatic heterocycles. The summed E-state index contributed by atoms with van der Waals surface area (Å²) in [6.07, 6.45) is 2.31. The van der Waals surface area contributed by atoms with E-state index in [4.69, 9.17) is 22.1 Å². The molecule has 4 heteroatoms. The van der Waals surface area contributed by atoms with Gasteiger partial charge in [0, 0.05) is 26.8 Å². The van der Waals surface area contributed by atoms with E-state index < -0.39 is 0 Å². The number of nitrogens with zero attached hydrogens (tertiary/aromatic N) is 1. The smallest absolute Gasteiger partial charge is 0.0741 e. The van der Waals surface area contributed by atoms with Crippen LogP contribution in [0.2, 0.25) is 5.02 Å². The highest BCUT2D eigenvalue weighted by Gasteiger charge is 2.20. The van der Waals surface area contributed by atoms with Gasteiger partial charge < -0.3 is 15.4 Å². The first-order chi connectivity index (χ1) is 8.22. The Morgan fingerprint density at radius 1 is 1.41 bits per heavy atom. The fraction of sp³-hybridized carbons (Fsp3) is 0.538. The average Bonchev–Trinajstić information content (AvgIpc) is 2.34. The summed E-state index contributed by atoms with van der Waals surface area (Å²) in [5, 5.41) is 0.640. The van der Waals surface area contributed by atoms with E-state index in [1.807, 2.05) is 18.2 Å². The molecule has 1 aromatic carbocycles. The predicted molar refractivity (Wildman–Crippen MR) is 72.7 cm³/mol. The highest BCUT2D eigenvalue weighted by Crippen LogP contribution is 2.32. The summed E-state index contributed by atoms with van der Waals surface area (Å²) in [5.74, 6) is 0.677. The number of hydrogen-bond acceptors (Lipinski definition) is 3. The number of halogens is 1. The Balaban J connectivity index is 2.03. The number of anilines is 2. The van der Waals surface area contributed by atoms with Gasteiger partial charge in [0.1, 0.15) is 0 Å². The van der Waals surface area contributed by atoms with Crippen LogP contribution in [0.1, 0.15) is 12.8 Å². The molecule has 0 spiro atoms.